The van der Waals surface area contributed by atoms with Crippen molar-refractivity contribution in [1.82, 2.24) is 0 Å². The standard InChI is InChI=1S/C5H7NO3/c1-2-3(7)4(8)5(6)9/h2,4,8H,1H2,(H2,6,9). The molecule has 9 heavy (non-hydrogen) atoms. The smallest absolute Gasteiger partial charge is 0.254 e. The summed E-state index contributed by atoms with van der Waals surface area (Å²) in [6.45, 7) is 3.05. The van der Waals surface area contributed by atoms with Gasteiger partial charge < -0.3 is 10.8 Å². The molecule has 1 atom stereocenters. The van der Waals surface area contributed by atoms with Crippen LogP contribution < -0.4 is 5.73 Å². The summed E-state index contributed by atoms with van der Waals surface area (Å²) in [5, 5.41) is 8.50. The number of carbonyl (C=O) groups excluding carboxylic acids is 2. The summed E-state index contributed by atoms with van der Waals surface area (Å²) in [5.41, 5.74) is 4.55. The molecule has 1 amide bonds. The first-order valence-electron chi connectivity index (χ1n) is 2.23. The highest BCUT2D eigenvalue weighted by Crippen LogP contribution is 1.83. The van der Waals surface area contributed by atoms with E-state index in [2.05, 4.69) is 12.3 Å². The Morgan fingerprint density at radius 2 is 2.11 bits per heavy atom. The third kappa shape index (κ3) is 2.05. The Balaban J connectivity index is 4.03. The largest absolute Gasteiger partial charge is 0.376 e. The van der Waals surface area contributed by atoms with Crippen molar-refractivity contribution in [2.75, 3.05) is 0 Å². The van der Waals surface area contributed by atoms with E-state index in [4.69, 9.17) is 5.11 Å². The van der Waals surface area contributed by atoms with Crippen LogP contribution in [0.4, 0.5) is 0 Å². The van der Waals surface area contributed by atoms with Gasteiger partial charge in [0.05, 0.1) is 0 Å². The van der Waals surface area contributed by atoms with Crippen LogP contribution in [-0.4, -0.2) is 22.9 Å². The molecule has 0 aliphatic rings. The molecule has 0 aromatic rings. The second-order valence-electron chi connectivity index (χ2n) is 1.41. The van der Waals surface area contributed by atoms with Crippen molar-refractivity contribution in [2.24, 2.45) is 5.73 Å². The maximum absolute atomic E-state index is 10.3. The van der Waals surface area contributed by atoms with Crippen molar-refractivity contribution in [1.29, 1.82) is 0 Å². The number of ketones is 1. The molecule has 0 heterocycles. The summed E-state index contributed by atoms with van der Waals surface area (Å²) in [4.78, 5) is 20.3. The van der Waals surface area contributed by atoms with Crippen LogP contribution in [0, 0.1) is 0 Å². The van der Waals surface area contributed by atoms with Gasteiger partial charge in [0, 0.05) is 0 Å². The summed E-state index contributed by atoms with van der Waals surface area (Å²) in [7, 11) is 0. The van der Waals surface area contributed by atoms with Crippen LogP contribution in [0.1, 0.15) is 0 Å². The lowest BCUT2D eigenvalue weighted by molar-refractivity contribution is -0.135. The summed E-state index contributed by atoms with van der Waals surface area (Å²) >= 11 is 0. The normalized spacial score (nSPS) is 12.1. The number of carbonyl (C=O) groups is 2. The van der Waals surface area contributed by atoms with E-state index in [0.29, 0.717) is 0 Å². The van der Waals surface area contributed by atoms with Gasteiger partial charge in [-0.2, -0.15) is 0 Å². The zero-order valence-corrected chi connectivity index (χ0v) is 4.70. The summed E-state index contributed by atoms with van der Waals surface area (Å²) < 4.78 is 0. The lowest BCUT2D eigenvalue weighted by Gasteiger charge is -1.97. The first-order chi connectivity index (χ1) is 4.09. The molecule has 3 N–H and O–H groups in total. The molecular formula is C5H7NO3. The second kappa shape index (κ2) is 2.99. The van der Waals surface area contributed by atoms with E-state index in [1.807, 2.05) is 0 Å². The van der Waals surface area contributed by atoms with Crippen molar-refractivity contribution in [3.8, 4) is 0 Å². The minimum atomic E-state index is -1.73. The number of aliphatic hydroxyl groups excluding tert-OH is 1. The van der Waals surface area contributed by atoms with Gasteiger partial charge in [0.2, 0.25) is 0 Å². The monoisotopic (exact) mass is 129 g/mol. The highest BCUT2D eigenvalue weighted by atomic mass is 16.3. The van der Waals surface area contributed by atoms with Crippen molar-refractivity contribution in [3.63, 3.8) is 0 Å². The minimum absolute atomic E-state index is 0.775. The van der Waals surface area contributed by atoms with E-state index in [1.54, 1.807) is 0 Å². The molecule has 1 unspecified atom stereocenters. The fourth-order valence-electron chi connectivity index (χ4n) is 0.252. The van der Waals surface area contributed by atoms with Gasteiger partial charge in [0.15, 0.2) is 11.9 Å². The molecule has 0 aliphatic carbocycles. The molecule has 0 fully saturated rings. The lowest BCUT2D eigenvalue weighted by atomic mass is 10.2. The molecule has 0 saturated carbocycles. The molecule has 4 heteroatoms. The topological polar surface area (TPSA) is 80.4 Å². The maximum Gasteiger partial charge on any atom is 0.254 e. The Bertz CT molecular complexity index is 152. The molecule has 0 aromatic carbocycles. The Kier molecular flexibility index (Phi) is 2.60. The predicted molar refractivity (Wildman–Crippen MR) is 30.4 cm³/mol. The number of rotatable bonds is 3. The van der Waals surface area contributed by atoms with Crippen molar-refractivity contribution in [3.05, 3.63) is 12.7 Å². The van der Waals surface area contributed by atoms with Gasteiger partial charge in [0.25, 0.3) is 5.91 Å². The molecule has 50 valence electrons. The first-order valence-corrected chi connectivity index (χ1v) is 2.23. The highest BCUT2D eigenvalue weighted by Gasteiger charge is 2.16. The van der Waals surface area contributed by atoms with Crippen molar-refractivity contribution < 1.29 is 14.7 Å². The third-order valence-corrected chi connectivity index (χ3v) is 0.740. The molecule has 0 saturated heterocycles. The second-order valence-corrected chi connectivity index (χ2v) is 1.41. The summed E-state index contributed by atoms with van der Waals surface area (Å²) in [6, 6.07) is 0. The molecule has 4 nitrogen and oxygen atoms in total. The van der Waals surface area contributed by atoms with Crippen molar-refractivity contribution in [2.45, 2.75) is 6.10 Å². The lowest BCUT2D eigenvalue weighted by Crippen LogP contribution is -2.34. The van der Waals surface area contributed by atoms with Gasteiger partial charge in [-0.15, -0.1) is 0 Å². The summed E-state index contributed by atoms with van der Waals surface area (Å²) in [5.74, 6) is -1.83. The van der Waals surface area contributed by atoms with Crippen LogP contribution in [0.25, 0.3) is 0 Å². The quantitative estimate of drug-likeness (QED) is 0.363. The van der Waals surface area contributed by atoms with E-state index in [1.165, 1.54) is 0 Å². The van der Waals surface area contributed by atoms with Gasteiger partial charge in [-0.3, -0.25) is 9.59 Å². The van der Waals surface area contributed by atoms with Gasteiger partial charge in [-0.05, 0) is 6.08 Å². The van der Waals surface area contributed by atoms with Gasteiger partial charge >= 0.3 is 0 Å². The van der Waals surface area contributed by atoms with Crippen LogP contribution in [0.3, 0.4) is 0 Å². The highest BCUT2D eigenvalue weighted by molar-refractivity contribution is 6.08. The van der Waals surface area contributed by atoms with E-state index in [0.717, 1.165) is 6.08 Å². The number of hydrogen-bond acceptors (Lipinski definition) is 3. The van der Waals surface area contributed by atoms with Crippen LogP contribution in [0.2, 0.25) is 0 Å². The van der Waals surface area contributed by atoms with Crippen LogP contribution >= 0.6 is 0 Å². The molecule has 0 aromatic heterocycles. The molecule has 0 bridgehead atoms. The van der Waals surface area contributed by atoms with Gasteiger partial charge in [0.1, 0.15) is 0 Å². The Morgan fingerprint density at radius 3 is 2.22 bits per heavy atom. The van der Waals surface area contributed by atoms with E-state index in [9.17, 15) is 9.59 Å². The molecule has 0 spiro atoms. The van der Waals surface area contributed by atoms with Crippen LogP contribution in [0.15, 0.2) is 12.7 Å². The Morgan fingerprint density at radius 1 is 1.67 bits per heavy atom. The van der Waals surface area contributed by atoms with Gasteiger partial charge in [-0.1, -0.05) is 6.58 Å². The SMILES string of the molecule is C=CC(=O)C(O)C(N)=O. The van der Waals surface area contributed by atoms with Gasteiger partial charge in [-0.25, -0.2) is 0 Å². The third-order valence-electron chi connectivity index (χ3n) is 0.740. The number of nitrogens with two attached hydrogens (primary N) is 1. The Hall–Kier alpha value is -1.16. The fourth-order valence-corrected chi connectivity index (χ4v) is 0.252. The van der Waals surface area contributed by atoms with Crippen LogP contribution in [-0.2, 0) is 9.59 Å². The van der Waals surface area contributed by atoms with Crippen molar-refractivity contribution >= 4 is 11.7 Å². The first kappa shape index (κ1) is 7.84. The van der Waals surface area contributed by atoms with Crippen LogP contribution in [0.5, 0.6) is 0 Å². The average molecular weight is 129 g/mol. The molecule has 0 radical (unpaired) electrons. The Labute approximate surface area is 52.0 Å². The average Bonchev–Trinajstić information content (AvgIpc) is 1.84. The molecule has 0 rings (SSSR count). The zero-order valence-electron chi connectivity index (χ0n) is 4.70. The maximum atomic E-state index is 10.3. The predicted octanol–water partition coefficient (Wildman–Crippen LogP) is -1.41. The summed E-state index contributed by atoms with van der Waals surface area (Å²) in [6.07, 6.45) is -0.891. The number of amides is 1. The van der Waals surface area contributed by atoms with E-state index in [-0.39, 0.29) is 0 Å². The van der Waals surface area contributed by atoms with E-state index >= 15 is 0 Å². The number of hydrogen-bond donors (Lipinski definition) is 2. The number of primary amides is 1. The molecule has 0 aliphatic heterocycles. The zero-order chi connectivity index (χ0) is 7.44. The number of aliphatic hydroxyl groups is 1. The van der Waals surface area contributed by atoms with E-state index < -0.39 is 17.8 Å². The minimum Gasteiger partial charge on any atom is -0.376 e. The fraction of sp³-hybridized carbons (Fsp3) is 0.200. The molecular weight excluding hydrogens is 122 g/mol.